The highest BCUT2D eigenvalue weighted by atomic mass is 32.2. The summed E-state index contributed by atoms with van der Waals surface area (Å²) in [5, 5.41) is 4.61. The molecule has 0 aliphatic carbocycles. The van der Waals surface area contributed by atoms with Crippen LogP contribution in [0.1, 0.15) is 20.8 Å². The van der Waals surface area contributed by atoms with E-state index in [2.05, 4.69) is 10.0 Å². The fourth-order valence-corrected chi connectivity index (χ4v) is 4.85. The number of methoxy groups -OCH3 is 1. The summed E-state index contributed by atoms with van der Waals surface area (Å²) in [5.41, 5.74) is 2.19. The number of carbonyl (C=O) groups excluding carboxylic acids is 1. The molecule has 0 bridgehead atoms. The number of amides is 1. The van der Waals surface area contributed by atoms with E-state index in [4.69, 9.17) is 4.74 Å². The molecule has 0 saturated heterocycles. The van der Waals surface area contributed by atoms with E-state index in [0.29, 0.717) is 27.6 Å². The summed E-state index contributed by atoms with van der Waals surface area (Å²) in [5.74, 6) is 0.152. The van der Waals surface area contributed by atoms with Gasteiger partial charge in [0.2, 0.25) is 0 Å². The number of aryl methyl sites for hydroxylation is 2. The second kappa shape index (κ2) is 8.04. The minimum absolute atomic E-state index is 0.0825. The molecule has 3 aromatic rings. The van der Waals surface area contributed by atoms with Gasteiger partial charge in [-0.25, -0.2) is 8.42 Å². The maximum absolute atomic E-state index is 12.9. The molecule has 0 aliphatic rings. The molecule has 2 aromatic carbocycles. The van der Waals surface area contributed by atoms with Crippen LogP contribution < -0.4 is 14.8 Å². The maximum Gasteiger partial charge on any atom is 0.265 e. The topological polar surface area (TPSA) is 84.5 Å². The number of hydrogen-bond donors (Lipinski definition) is 2. The van der Waals surface area contributed by atoms with Gasteiger partial charge in [-0.3, -0.25) is 9.52 Å². The predicted octanol–water partition coefficient (Wildman–Crippen LogP) is 4.43. The van der Waals surface area contributed by atoms with Gasteiger partial charge in [-0.15, -0.1) is 11.3 Å². The van der Waals surface area contributed by atoms with Gasteiger partial charge in [0, 0.05) is 5.69 Å². The Morgan fingerprint density at radius 1 is 1.04 bits per heavy atom. The van der Waals surface area contributed by atoms with Gasteiger partial charge in [0.15, 0.2) is 0 Å². The predicted molar refractivity (Wildman–Crippen MR) is 112 cm³/mol. The molecule has 1 aromatic heterocycles. The quantitative estimate of drug-likeness (QED) is 0.623. The van der Waals surface area contributed by atoms with Crippen molar-refractivity contribution in [1.29, 1.82) is 0 Å². The number of ether oxygens (including phenoxy) is 1. The van der Waals surface area contributed by atoms with E-state index in [-0.39, 0.29) is 10.8 Å². The molecule has 6 nitrogen and oxygen atoms in total. The van der Waals surface area contributed by atoms with Gasteiger partial charge >= 0.3 is 0 Å². The van der Waals surface area contributed by atoms with Crippen LogP contribution in [0.3, 0.4) is 0 Å². The molecule has 0 saturated carbocycles. The van der Waals surface area contributed by atoms with Crippen molar-refractivity contribution >= 4 is 38.6 Å². The summed E-state index contributed by atoms with van der Waals surface area (Å²) >= 11 is 1.34. The number of anilines is 2. The second-order valence-electron chi connectivity index (χ2n) is 6.17. The van der Waals surface area contributed by atoms with Crippen LogP contribution in [0.25, 0.3) is 0 Å². The molecule has 146 valence electrons. The third-order valence-electron chi connectivity index (χ3n) is 4.16. The van der Waals surface area contributed by atoms with E-state index >= 15 is 0 Å². The van der Waals surface area contributed by atoms with Crippen molar-refractivity contribution in [2.75, 3.05) is 17.1 Å². The summed E-state index contributed by atoms with van der Waals surface area (Å²) in [6.45, 7) is 3.55. The van der Waals surface area contributed by atoms with Crippen molar-refractivity contribution in [3.05, 3.63) is 69.9 Å². The van der Waals surface area contributed by atoms with E-state index in [0.717, 1.165) is 5.56 Å². The molecule has 1 amide bonds. The van der Waals surface area contributed by atoms with Crippen molar-refractivity contribution in [3.63, 3.8) is 0 Å². The summed E-state index contributed by atoms with van der Waals surface area (Å²) in [6, 6.07) is 13.4. The molecular formula is C20H20N2O4S2. The number of sulfonamides is 1. The van der Waals surface area contributed by atoms with Crippen LogP contribution in [0.15, 0.2) is 58.8 Å². The highest BCUT2D eigenvalue weighted by Crippen LogP contribution is 2.28. The van der Waals surface area contributed by atoms with Crippen molar-refractivity contribution in [2.24, 2.45) is 0 Å². The van der Waals surface area contributed by atoms with Gasteiger partial charge in [0.05, 0.1) is 22.6 Å². The van der Waals surface area contributed by atoms with Crippen LogP contribution >= 0.6 is 11.3 Å². The highest BCUT2D eigenvalue weighted by molar-refractivity contribution is 7.92. The van der Waals surface area contributed by atoms with Crippen LogP contribution in [0.2, 0.25) is 0 Å². The molecule has 2 N–H and O–H groups in total. The van der Waals surface area contributed by atoms with Crippen molar-refractivity contribution in [1.82, 2.24) is 0 Å². The standard InChI is InChI=1S/C20H20N2O4S2/c1-13-8-9-15(21-20(23)19-14(2)10-11-27-19)12-18(13)28(24,25)22-16-6-4-5-7-17(16)26-3/h4-12,22H,1-3H3,(H,21,23). The van der Waals surface area contributed by atoms with Crippen LogP contribution in [0, 0.1) is 13.8 Å². The van der Waals surface area contributed by atoms with E-state index in [1.54, 1.807) is 43.3 Å². The average molecular weight is 417 g/mol. The summed E-state index contributed by atoms with van der Waals surface area (Å²) in [4.78, 5) is 13.1. The molecule has 0 spiro atoms. The Morgan fingerprint density at radius 2 is 1.79 bits per heavy atom. The third kappa shape index (κ3) is 4.18. The lowest BCUT2D eigenvalue weighted by Gasteiger charge is -2.14. The summed E-state index contributed by atoms with van der Waals surface area (Å²) in [7, 11) is -2.40. The van der Waals surface area contributed by atoms with Gasteiger partial charge in [0.1, 0.15) is 5.75 Å². The number of rotatable bonds is 6. The van der Waals surface area contributed by atoms with Crippen molar-refractivity contribution < 1.29 is 17.9 Å². The van der Waals surface area contributed by atoms with E-state index in [1.165, 1.54) is 24.5 Å². The Bertz CT molecular complexity index is 1120. The lowest BCUT2D eigenvalue weighted by molar-refractivity contribution is 0.103. The maximum atomic E-state index is 12.9. The van der Waals surface area contributed by atoms with E-state index in [1.807, 2.05) is 18.4 Å². The molecule has 0 fully saturated rings. The molecule has 0 atom stereocenters. The Balaban J connectivity index is 1.90. The van der Waals surface area contributed by atoms with Crippen molar-refractivity contribution in [2.45, 2.75) is 18.7 Å². The fourth-order valence-electron chi connectivity index (χ4n) is 2.69. The van der Waals surface area contributed by atoms with Crippen LogP contribution in [0.5, 0.6) is 5.75 Å². The minimum Gasteiger partial charge on any atom is -0.495 e. The molecule has 1 heterocycles. The Hall–Kier alpha value is -2.84. The van der Waals surface area contributed by atoms with Gasteiger partial charge in [0.25, 0.3) is 15.9 Å². The molecule has 3 rings (SSSR count). The van der Waals surface area contributed by atoms with Crippen LogP contribution in [0.4, 0.5) is 11.4 Å². The Morgan fingerprint density at radius 3 is 2.46 bits per heavy atom. The van der Waals surface area contributed by atoms with E-state index < -0.39 is 10.0 Å². The minimum atomic E-state index is -3.88. The third-order valence-corrected chi connectivity index (χ3v) is 6.68. The first-order valence-corrected chi connectivity index (χ1v) is 10.8. The van der Waals surface area contributed by atoms with Gasteiger partial charge in [-0.2, -0.15) is 0 Å². The molecule has 8 heteroatoms. The fraction of sp³-hybridized carbons (Fsp3) is 0.150. The highest BCUT2D eigenvalue weighted by Gasteiger charge is 2.20. The lowest BCUT2D eigenvalue weighted by Crippen LogP contribution is -2.16. The Kier molecular flexibility index (Phi) is 5.71. The number of carbonyl (C=O) groups is 1. The molecule has 0 aliphatic heterocycles. The zero-order valence-corrected chi connectivity index (χ0v) is 17.3. The zero-order valence-electron chi connectivity index (χ0n) is 15.6. The number of nitrogens with one attached hydrogen (secondary N) is 2. The average Bonchev–Trinajstić information content (AvgIpc) is 3.09. The normalized spacial score (nSPS) is 11.1. The molecule has 28 heavy (non-hydrogen) atoms. The number of thiophene rings is 1. The first-order chi connectivity index (χ1) is 13.3. The number of hydrogen-bond acceptors (Lipinski definition) is 5. The van der Waals surface area contributed by atoms with Gasteiger partial charge < -0.3 is 10.1 Å². The summed E-state index contributed by atoms with van der Waals surface area (Å²) < 4.78 is 33.6. The zero-order chi connectivity index (χ0) is 20.3. The Labute approximate surface area is 168 Å². The van der Waals surface area contributed by atoms with E-state index in [9.17, 15) is 13.2 Å². The second-order valence-corrected chi connectivity index (χ2v) is 8.74. The van der Waals surface area contributed by atoms with Gasteiger partial charge in [-0.1, -0.05) is 18.2 Å². The molecule has 0 radical (unpaired) electrons. The van der Waals surface area contributed by atoms with Crippen LogP contribution in [-0.4, -0.2) is 21.4 Å². The summed E-state index contributed by atoms with van der Waals surface area (Å²) in [6.07, 6.45) is 0. The molecular weight excluding hydrogens is 396 g/mol. The van der Waals surface area contributed by atoms with Crippen molar-refractivity contribution in [3.8, 4) is 5.75 Å². The first-order valence-electron chi connectivity index (χ1n) is 8.44. The first kappa shape index (κ1) is 19.9. The smallest absolute Gasteiger partial charge is 0.265 e. The SMILES string of the molecule is COc1ccccc1NS(=O)(=O)c1cc(NC(=O)c2sccc2C)ccc1C. The monoisotopic (exact) mass is 416 g/mol. The largest absolute Gasteiger partial charge is 0.495 e. The number of para-hydroxylation sites is 2. The lowest BCUT2D eigenvalue weighted by atomic mass is 10.2. The number of benzene rings is 2. The van der Waals surface area contributed by atoms with Crippen LogP contribution in [-0.2, 0) is 10.0 Å². The molecule has 0 unspecified atom stereocenters. The van der Waals surface area contributed by atoms with Gasteiger partial charge in [-0.05, 0) is 60.7 Å².